The maximum Gasteiger partial charge on any atom is 0.171 e. The average molecular weight is 213 g/mol. The van der Waals surface area contributed by atoms with Gasteiger partial charge in [0.1, 0.15) is 6.07 Å². The topological polar surface area (TPSA) is 57.7 Å². The molecule has 2 aromatic rings. The molecule has 0 aliphatic heterocycles. The predicted octanol–water partition coefficient (Wildman–Crippen LogP) is 1.20. The van der Waals surface area contributed by atoms with Crippen LogP contribution in [0.2, 0.25) is 0 Å². The molecular formula is C11H11N5. The minimum Gasteiger partial charge on any atom is -0.361 e. The molecule has 0 unspecified atom stereocenters. The van der Waals surface area contributed by atoms with Gasteiger partial charge >= 0.3 is 0 Å². The molecular weight excluding hydrogens is 202 g/mol. The van der Waals surface area contributed by atoms with Gasteiger partial charge in [-0.1, -0.05) is 0 Å². The van der Waals surface area contributed by atoms with E-state index in [4.69, 9.17) is 5.26 Å². The zero-order valence-corrected chi connectivity index (χ0v) is 9.12. The molecule has 0 spiro atoms. The monoisotopic (exact) mass is 213 g/mol. The largest absolute Gasteiger partial charge is 0.361 e. The number of hydrogen-bond acceptors (Lipinski definition) is 4. The van der Waals surface area contributed by atoms with Crippen LogP contribution in [0.15, 0.2) is 30.6 Å². The minimum absolute atomic E-state index is 0.510. The first-order chi connectivity index (χ1) is 7.72. The second-order valence-corrected chi connectivity index (χ2v) is 3.50. The van der Waals surface area contributed by atoms with Crippen LogP contribution in [-0.4, -0.2) is 28.9 Å². The van der Waals surface area contributed by atoms with Crippen LogP contribution in [0.5, 0.6) is 0 Å². The molecule has 0 radical (unpaired) electrons. The molecule has 0 aliphatic carbocycles. The molecule has 0 aliphatic rings. The fourth-order valence-electron chi connectivity index (χ4n) is 1.34. The lowest BCUT2D eigenvalue weighted by molar-refractivity contribution is 0.833. The minimum atomic E-state index is 0.510. The zero-order valence-electron chi connectivity index (χ0n) is 9.12. The third kappa shape index (κ3) is 1.73. The summed E-state index contributed by atoms with van der Waals surface area (Å²) in [5.74, 6) is 1.38. The van der Waals surface area contributed by atoms with Crippen molar-refractivity contribution in [1.29, 1.82) is 5.26 Å². The molecule has 0 atom stereocenters. The number of pyridine rings is 1. The van der Waals surface area contributed by atoms with Gasteiger partial charge in [-0.15, -0.1) is 5.10 Å². The first-order valence-electron chi connectivity index (χ1n) is 4.81. The van der Waals surface area contributed by atoms with Crippen molar-refractivity contribution in [2.75, 3.05) is 19.0 Å². The van der Waals surface area contributed by atoms with Gasteiger partial charge in [-0.2, -0.15) is 5.26 Å². The highest BCUT2D eigenvalue weighted by Crippen LogP contribution is 2.13. The van der Waals surface area contributed by atoms with Crippen LogP contribution in [0.25, 0.3) is 5.82 Å². The van der Waals surface area contributed by atoms with E-state index in [-0.39, 0.29) is 0 Å². The number of hydrogen-bond donors (Lipinski definition) is 0. The van der Waals surface area contributed by atoms with Crippen molar-refractivity contribution in [3.8, 4) is 11.9 Å². The fraction of sp³-hybridized carbons (Fsp3) is 0.182. The predicted molar refractivity (Wildman–Crippen MR) is 60.4 cm³/mol. The molecule has 0 N–H and O–H groups in total. The van der Waals surface area contributed by atoms with Crippen LogP contribution < -0.4 is 4.90 Å². The molecule has 0 amide bonds. The molecule has 5 heteroatoms. The van der Waals surface area contributed by atoms with Gasteiger partial charge in [0, 0.05) is 32.6 Å². The molecule has 2 rings (SSSR count). The summed E-state index contributed by atoms with van der Waals surface area (Å²) >= 11 is 0. The van der Waals surface area contributed by atoms with E-state index in [1.807, 2.05) is 25.1 Å². The van der Waals surface area contributed by atoms with Crippen LogP contribution in [0.3, 0.4) is 0 Å². The third-order valence-corrected chi connectivity index (χ3v) is 2.16. The standard InChI is InChI=1S/C11H11N5/c1-15(2)10-5-7-16(14-10)11-9(8-12)4-3-6-13-11/h3-7H,1-2H3. The van der Waals surface area contributed by atoms with Gasteiger partial charge in [0.15, 0.2) is 11.6 Å². The summed E-state index contributed by atoms with van der Waals surface area (Å²) in [6, 6.07) is 7.42. The van der Waals surface area contributed by atoms with E-state index in [1.54, 1.807) is 29.2 Å². The Morgan fingerprint density at radius 1 is 1.38 bits per heavy atom. The van der Waals surface area contributed by atoms with Crippen molar-refractivity contribution in [2.45, 2.75) is 0 Å². The Bertz CT molecular complexity index is 535. The summed E-state index contributed by atoms with van der Waals surface area (Å²) < 4.78 is 1.61. The number of nitrogens with zero attached hydrogens (tertiary/aromatic N) is 5. The molecule has 5 nitrogen and oxygen atoms in total. The van der Waals surface area contributed by atoms with Gasteiger partial charge < -0.3 is 4.90 Å². The second kappa shape index (κ2) is 4.03. The van der Waals surface area contributed by atoms with E-state index >= 15 is 0 Å². The van der Waals surface area contributed by atoms with Gasteiger partial charge in [-0.3, -0.25) is 0 Å². The number of rotatable bonds is 2. The van der Waals surface area contributed by atoms with E-state index < -0.39 is 0 Å². The Morgan fingerprint density at radius 3 is 2.81 bits per heavy atom. The zero-order chi connectivity index (χ0) is 11.5. The molecule has 0 saturated heterocycles. The first kappa shape index (κ1) is 10.2. The van der Waals surface area contributed by atoms with Crippen LogP contribution in [0.1, 0.15) is 5.56 Å². The number of anilines is 1. The van der Waals surface area contributed by atoms with Gasteiger partial charge in [-0.25, -0.2) is 9.67 Å². The average Bonchev–Trinajstić information content (AvgIpc) is 2.78. The SMILES string of the molecule is CN(C)c1ccn(-c2ncccc2C#N)n1. The highest BCUT2D eigenvalue weighted by atomic mass is 15.4. The van der Waals surface area contributed by atoms with Crippen molar-refractivity contribution >= 4 is 5.82 Å². The third-order valence-electron chi connectivity index (χ3n) is 2.16. The van der Waals surface area contributed by atoms with Crippen LogP contribution >= 0.6 is 0 Å². The Hall–Kier alpha value is -2.35. The van der Waals surface area contributed by atoms with Crippen molar-refractivity contribution < 1.29 is 0 Å². The normalized spacial score (nSPS) is 9.81. The van der Waals surface area contributed by atoms with E-state index in [2.05, 4.69) is 16.2 Å². The summed E-state index contributed by atoms with van der Waals surface area (Å²) in [7, 11) is 3.83. The van der Waals surface area contributed by atoms with Crippen molar-refractivity contribution in [3.05, 3.63) is 36.2 Å². The smallest absolute Gasteiger partial charge is 0.171 e. The maximum absolute atomic E-state index is 8.95. The lowest BCUT2D eigenvalue weighted by Gasteiger charge is -2.07. The van der Waals surface area contributed by atoms with Crippen LogP contribution in [-0.2, 0) is 0 Å². The molecule has 16 heavy (non-hydrogen) atoms. The van der Waals surface area contributed by atoms with Crippen LogP contribution in [0, 0.1) is 11.3 Å². The number of nitriles is 1. The van der Waals surface area contributed by atoms with Gasteiger partial charge in [0.2, 0.25) is 0 Å². The van der Waals surface area contributed by atoms with Crippen molar-refractivity contribution in [1.82, 2.24) is 14.8 Å². The van der Waals surface area contributed by atoms with Crippen molar-refractivity contribution in [2.24, 2.45) is 0 Å². The maximum atomic E-state index is 8.95. The van der Waals surface area contributed by atoms with E-state index in [9.17, 15) is 0 Å². The van der Waals surface area contributed by atoms with Crippen LogP contribution in [0.4, 0.5) is 5.82 Å². The molecule has 0 bridgehead atoms. The summed E-state index contributed by atoms with van der Waals surface area (Å²) in [5.41, 5.74) is 0.510. The van der Waals surface area contributed by atoms with Gasteiger partial charge in [-0.05, 0) is 12.1 Å². The molecule has 2 heterocycles. The molecule has 0 saturated carbocycles. The summed E-state index contributed by atoms with van der Waals surface area (Å²) in [5, 5.41) is 13.3. The van der Waals surface area contributed by atoms with Gasteiger partial charge in [0.05, 0.1) is 5.56 Å². The lowest BCUT2D eigenvalue weighted by Crippen LogP contribution is -2.10. The van der Waals surface area contributed by atoms with Gasteiger partial charge in [0.25, 0.3) is 0 Å². The lowest BCUT2D eigenvalue weighted by atomic mass is 10.3. The Balaban J connectivity index is 2.47. The fourth-order valence-corrected chi connectivity index (χ4v) is 1.34. The molecule has 80 valence electrons. The van der Waals surface area contributed by atoms with E-state index in [0.717, 1.165) is 5.82 Å². The van der Waals surface area contributed by atoms with E-state index in [1.165, 1.54) is 0 Å². The molecule has 2 aromatic heterocycles. The number of aromatic nitrogens is 3. The Kier molecular flexibility index (Phi) is 2.56. The molecule has 0 fully saturated rings. The second-order valence-electron chi connectivity index (χ2n) is 3.50. The highest BCUT2D eigenvalue weighted by molar-refractivity contribution is 5.44. The summed E-state index contributed by atoms with van der Waals surface area (Å²) in [6.45, 7) is 0. The highest BCUT2D eigenvalue weighted by Gasteiger charge is 2.07. The summed E-state index contributed by atoms with van der Waals surface area (Å²) in [4.78, 5) is 6.05. The van der Waals surface area contributed by atoms with Crippen molar-refractivity contribution in [3.63, 3.8) is 0 Å². The molecule has 0 aromatic carbocycles. The van der Waals surface area contributed by atoms with E-state index in [0.29, 0.717) is 11.4 Å². The first-order valence-corrected chi connectivity index (χ1v) is 4.81. The Morgan fingerprint density at radius 2 is 2.19 bits per heavy atom. The summed E-state index contributed by atoms with van der Waals surface area (Å²) in [6.07, 6.45) is 3.44. The Labute approximate surface area is 93.6 Å². The quantitative estimate of drug-likeness (QED) is 0.752.